The lowest BCUT2D eigenvalue weighted by atomic mass is 10.4. The van der Waals surface area contributed by atoms with Crippen LogP contribution in [0.15, 0.2) is 4.79 Å². The molecule has 0 fully saturated rings. The fourth-order valence-electron chi connectivity index (χ4n) is 1.06. The minimum Gasteiger partial charge on any atom is -0.401 e. The first kappa shape index (κ1) is 14.6. The van der Waals surface area contributed by atoms with Gasteiger partial charge >= 0.3 is 18.3 Å². The number of halogens is 2. The van der Waals surface area contributed by atoms with Gasteiger partial charge in [0.2, 0.25) is 0 Å². The highest BCUT2D eigenvalue weighted by Crippen LogP contribution is 2.13. The third kappa shape index (κ3) is 3.32. The van der Waals surface area contributed by atoms with Crippen LogP contribution in [-0.4, -0.2) is 21.0 Å². The zero-order chi connectivity index (χ0) is 12.9. The van der Waals surface area contributed by atoms with Crippen molar-refractivity contribution in [3.8, 4) is 6.01 Å². The summed E-state index contributed by atoms with van der Waals surface area (Å²) >= 11 is 0. The molecule has 94 valence electrons. The van der Waals surface area contributed by atoms with E-state index in [-0.39, 0.29) is 12.1 Å². The summed E-state index contributed by atoms with van der Waals surface area (Å²) in [5.41, 5.74) is -0.476. The van der Waals surface area contributed by atoms with Gasteiger partial charge in [-0.15, -0.1) is 5.10 Å². The number of aromatic nitrogens is 3. The van der Waals surface area contributed by atoms with Crippen molar-refractivity contribution in [3.05, 3.63) is 10.5 Å². The van der Waals surface area contributed by atoms with Crippen molar-refractivity contribution in [2.24, 2.45) is 7.05 Å². The van der Waals surface area contributed by atoms with Crippen LogP contribution >= 0.6 is 0 Å². The van der Waals surface area contributed by atoms with E-state index in [1.54, 1.807) is 13.8 Å². The Morgan fingerprint density at radius 2 is 1.81 bits per heavy atom. The monoisotopic (exact) mass is 237 g/mol. The van der Waals surface area contributed by atoms with Gasteiger partial charge in [-0.25, -0.2) is 14.0 Å². The summed E-state index contributed by atoms with van der Waals surface area (Å²) in [6, 6.07) is -0.632. The number of alkyl halides is 2. The van der Waals surface area contributed by atoms with E-state index >= 15 is 0 Å². The Balaban J connectivity index is 0.00000106. The van der Waals surface area contributed by atoms with E-state index in [4.69, 9.17) is 0 Å². The van der Waals surface area contributed by atoms with Crippen molar-refractivity contribution < 1.29 is 13.5 Å². The van der Waals surface area contributed by atoms with E-state index < -0.39 is 12.3 Å². The highest BCUT2D eigenvalue weighted by Gasteiger charge is 2.18. The summed E-state index contributed by atoms with van der Waals surface area (Å²) in [5, 5.41) is 3.54. The van der Waals surface area contributed by atoms with Crippen LogP contribution in [0, 0.1) is 0 Å². The molecule has 0 radical (unpaired) electrons. The van der Waals surface area contributed by atoms with Crippen molar-refractivity contribution in [2.45, 2.75) is 40.3 Å². The molecule has 0 aliphatic carbocycles. The third-order valence-corrected chi connectivity index (χ3v) is 1.64. The molecule has 1 aromatic heterocycles. The van der Waals surface area contributed by atoms with Gasteiger partial charge in [-0.3, -0.25) is 0 Å². The van der Waals surface area contributed by atoms with Crippen LogP contribution in [0.3, 0.4) is 0 Å². The molecule has 0 aliphatic heterocycles. The second kappa shape index (κ2) is 6.24. The fourth-order valence-corrected chi connectivity index (χ4v) is 1.06. The first-order valence-electron chi connectivity index (χ1n) is 5.03. The Kier molecular flexibility index (Phi) is 5.69. The van der Waals surface area contributed by atoms with E-state index in [0.29, 0.717) is 0 Å². The van der Waals surface area contributed by atoms with Gasteiger partial charge in [-0.2, -0.15) is 8.78 Å². The Labute approximate surface area is 92.6 Å². The Hall–Kier alpha value is -1.40. The first-order valence-corrected chi connectivity index (χ1v) is 5.03. The molecule has 1 aromatic rings. The summed E-state index contributed by atoms with van der Waals surface area (Å²) in [5.74, 6) is 0. The van der Waals surface area contributed by atoms with Gasteiger partial charge in [0.25, 0.3) is 0 Å². The molecule has 0 unspecified atom stereocenters. The van der Waals surface area contributed by atoms with Crippen molar-refractivity contribution in [1.29, 1.82) is 0 Å². The zero-order valence-electron chi connectivity index (χ0n) is 10.1. The molecule has 0 saturated heterocycles. The topological polar surface area (TPSA) is 49.0 Å². The molecular weight excluding hydrogens is 220 g/mol. The second-order valence-electron chi connectivity index (χ2n) is 3.03. The molecule has 16 heavy (non-hydrogen) atoms. The average molecular weight is 237 g/mol. The Bertz CT molecular complexity index is 371. The minimum atomic E-state index is -2.98. The number of rotatable bonds is 3. The summed E-state index contributed by atoms with van der Waals surface area (Å²) in [4.78, 5) is 11.4. The number of aryl methyl sites for hydroxylation is 1. The number of ether oxygens (including phenoxy) is 1. The Morgan fingerprint density at radius 1 is 1.31 bits per heavy atom. The lowest BCUT2D eigenvalue weighted by Crippen LogP contribution is -2.24. The van der Waals surface area contributed by atoms with E-state index in [1.807, 2.05) is 13.8 Å². The van der Waals surface area contributed by atoms with Gasteiger partial charge in [0.05, 0.1) is 0 Å². The molecule has 0 saturated carbocycles. The molecule has 0 aliphatic rings. The normalized spacial score (nSPS) is 10.3. The first-order chi connectivity index (χ1) is 7.43. The largest absolute Gasteiger partial charge is 0.401 e. The van der Waals surface area contributed by atoms with Crippen molar-refractivity contribution in [3.63, 3.8) is 0 Å². The van der Waals surface area contributed by atoms with Gasteiger partial charge in [0, 0.05) is 13.1 Å². The van der Waals surface area contributed by atoms with Gasteiger partial charge in [-0.1, -0.05) is 13.8 Å². The highest BCUT2D eigenvalue weighted by molar-refractivity contribution is 4.95. The maximum absolute atomic E-state index is 11.9. The third-order valence-electron chi connectivity index (χ3n) is 1.64. The maximum Gasteiger partial charge on any atom is 0.389 e. The van der Waals surface area contributed by atoms with Gasteiger partial charge in [0.15, 0.2) is 0 Å². The number of hydrogen-bond acceptors (Lipinski definition) is 3. The molecule has 1 rings (SSSR count). The molecule has 0 N–H and O–H groups in total. The standard InChI is InChI=1S/C7H11F2N3O2.C2H6/c1-4(2)12-6(14-5(8)9)10-11(3)7(12)13;1-2/h4-5H,1-3H3;1-2H3. The summed E-state index contributed by atoms with van der Waals surface area (Å²) in [6.45, 7) is 4.39. The lowest BCUT2D eigenvalue weighted by Gasteiger charge is -2.08. The Morgan fingerprint density at radius 3 is 2.19 bits per heavy atom. The SMILES string of the molecule is CC.CC(C)n1c(OC(F)F)nn(C)c1=O. The molecule has 5 nitrogen and oxygen atoms in total. The lowest BCUT2D eigenvalue weighted by molar-refractivity contribution is -0.0592. The zero-order valence-corrected chi connectivity index (χ0v) is 10.1. The van der Waals surface area contributed by atoms with E-state index in [0.717, 1.165) is 9.25 Å². The summed E-state index contributed by atoms with van der Waals surface area (Å²) in [7, 11) is 1.37. The molecule has 0 amide bonds. The van der Waals surface area contributed by atoms with Crippen LogP contribution in [0.2, 0.25) is 0 Å². The van der Waals surface area contributed by atoms with Crippen LogP contribution in [0.4, 0.5) is 8.78 Å². The van der Waals surface area contributed by atoms with Crippen LogP contribution in [-0.2, 0) is 7.05 Å². The van der Waals surface area contributed by atoms with Crippen LogP contribution in [0.25, 0.3) is 0 Å². The maximum atomic E-state index is 11.9. The predicted octanol–water partition coefficient (Wildman–Crippen LogP) is 1.79. The summed E-state index contributed by atoms with van der Waals surface area (Å²) < 4.78 is 30.0. The van der Waals surface area contributed by atoms with Crippen LogP contribution in [0.5, 0.6) is 6.01 Å². The van der Waals surface area contributed by atoms with Crippen molar-refractivity contribution in [1.82, 2.24) is 14.3 Å². The molecule has 0 spiro atoms. The molecule has 0 aromatic carbocycles. The van der Waals surface area contributed by atoms with Crippen LogP contribution < -0.4 is 10.4 Å². The predicted molar refractivity (Wildman–Crippen MR) is 55.8 cm³/mol. The number of nitrogens with zero attached hydrogens (tertiary/aromatic N) is 3. The highest BCUT2D eigenvalue weighted by atomic mass is 19.3. The quantitative estimate of drug-likeness (QED) is 0.805. The second-order valence-corrected chi connectivity index (χ2v) is 3.03. The van der Waals surface area contributed by atoms with Gasteiger partial charge < -0.3 is 4.74 Å². The van der Waals surface area contributed by atoms with Gasteiger partial charge in [-0.05, 0) is 13.8 Å². The van der Waals surface area contributed by atoms with Crippen molar-refractivity contribution >= 4 is 0 Å². The molecule has 0 atom stereocenters. The smallest absolute Gasteiger partial charge is 0.389 e. The van der Waals surface area contributed by atoms with Crippen LogP contribution in [0.1, 0.15) is 33.7 Å². The fraction of sp³-hybridized carbons (Fsp3) is 0.778. The molecule has 7 heteroatoms. The minimum absolute atomic E-state index is 0.273. The average Bonchev–Trinajstić information content (AvgIpc) is 2.44. The van der Waals surface area contributed by atoms with Crippen molar-refractivity contribution in [2.75, 3.05) is 0 Å². The molecule has 1 heterocycles. The molecular formula is C9H17F2N3O2. The van der Waals surface area contributed by atoms with E-state index in [2.05, 4.69) is 9.84 Å². The molecule has 0 bridgehead atoms. The van der Waals surface area contributed by atoms with E-state index in [9.17, 15) is 13.6 Å². The van der Waals surface area contributed by atoms with E-state index in [1.165, 1.54) is 7.05 Å². The summed E-state index contributed by atoms with van der Waals surface area (Å²) in [6.07, 6.45) is 0. The number of hydrogen-bond donors (Lipinski definition) is 0. The van der Waals surface area contributed by atoms with Gasteiger partial charge in [0.1, 0.15) is 0 Å².